The Balaban J connectivity index is 0.000000531. The van der Waals surface area contributed by atoms with Crippen molar-refractivity contribution in [2.24, 2.45) is 5.73 Å². The molecule has 1 fully saturated rings. The van der Waals surface area contributed by atoms with E-state index in [1.165, 1.54) is 38.6 Å². The van der Waals surface area contributed by atoms with E-state index in [4.69, 9.17) is 0 Å². The smallest absolute Gasteiger partial charge is 0.0231 e. The molecule has 1 heterocycles. The van der Waals surface area contributed by atoms with Crippen LogP contribution in [0.1, 0.15) is 12.8 Å². The molecule has 2 aliphatic rings. The molecule has 0 atom stereocenters. The van der Waals surface area contributed by atoms with Crippen LogP contribution in [-0.4, -0.2) is 44.7 Å². The normalized spacial score (nSPS) is 21.6. The second-order valence-corrected chi connectivity index (χ2v) is 3.78. The molecule has 0 bridgehead atoms. The molecule has 3 nitrogen and oxygen atoms in total. The summed E-state index contributed by atoms with van der Waals surface area (Å²) in [7, 11) is 1.50. The fraction of sp³-hybridized carbons (Fsp3) is 0.667. The van der Waals surface area contributed by atoms with Crippen molar-refractivity contribution in [1.29, 1.82) is 0 Å². The summed E-state index contributed by atoms with van der Waals surface area (Å²) in [5, 5.41) is 3.37. The van der Waals surface area contributed by atoms with E-state index in [9.17, 15) is 0 Å². The van der Waals surface area contributed by atoms with Crippen molar-refractivity contribution in [3.63, 3.8) is 0 Å². The Hall–Kier alpha value is -0.640. The largest absolute Gasteiger partial charge is 0.333 e. The molecule has 0 radical (unpaired) electrons. The Morgan fingerprint density at radius 3 is 2.60 bits per heavy atom. The second-order valence-electron chi connectivity index (χ2n) is 3.78. The van der Waals surface area contributed by atoms with Gasteiger partial charge < -0.3 is 11.1 Å². The molecule has 0 aromatic heterocycles. The third-order valence-corrected chi connectivity index (χ3v) is 2.69. The van der Waals surface area contributed by atoms with Crippen LogP contribution in [0.2, 0.25) is 0 Å². The van der Waals surface area contributed by atoms with E-state index in [-0.39, 0.29) is 0 Å². The molecular formula is C12H23N3. The zero-order valence-electron chi connectivity index (χ0n) is 9.71. The lowest BCUT2D eigenvalue weighted by atomic mass is 10.1. The lowest BCUT2D eigenvalue weighted by Gasteiger charge is -2.27. The number of allylic oxidation sites excluding steroid dienone is 2. The van der Waals surface area contributed by atoms with Crippen LogP contribution in [0.4, 0.5) is 0 Å². The molecule has 0 aromatic carbocycles. The van der Waals surface area contributed by atoms with E-state index >= 15 is 0 Å². The van der Waals surface area contributed by atoms with Crippen LogP contribution in [-0.2, 0) is 0 Å². The summed E-state index contributed by atoms with van der Waals surface area (Å²) in [6.07, 6.45) is 9.41. The summed E-state index contributed by atoms with van der Waals surface area (Å²) in [4.78, 5) is 2.53. The van der Waals surface area contributed by atoms with E-state index in [0.717, 1.165) is 19.6 Å². The topological polar surface area (TPSA) is 41.3 Å². The van der Waals surface area contributed by atoms with Crippen molar-refractivity contribution in [1.82, 2.24) is 10.2 Å². The molecule has 2 rings (SSSR count). The molecule has 0 unspecified atom stereocenters. The molecule has 3 N–H and O–H groups in total. The summed E-state index contributed by atoms with van der Waals surface area (Å²) in [5.41, 5.74) is 6.01. The number of piperazine rings is 1. The minimum Gasteiger partial charge on any atom is -0.333 e. The maximum Gasteiger partial charge on any atom is 0.0231 e. The third-order valence-electron chi connectivity index (χ3n) is 2.69. The second kappa shape index (κ2) is 7.63. The Morgan fingerprint density at radius 1 is 1.27 bits per heavy atom. The summed E-state index contributed by atoms with van der Waals surface area (Å²) < 4.78 is 0. The maximum atomic E-state index is 4.50. The molecule has 0 saturated carbocycles. The van der Waals surface area contributed by atoms with Gasteiger partial charge in [0.25, 0.3) is 0 Å². The van der Waals surface area contributed by atoms with Gasteiger partial charge in [-0.3, -0.25) is 4.90 Å². The number of hydrogen-bond acceptors (Lipinski definition) is 3. The van der Waals surface area contributed by atoms with Crippen LogP contribution >= 0.6 is 0 Å². The molecule has 3 heteroatoms. The highest BCUT2D eigenvalue weighted by Gasteiger charge is 2.10. The SMILES string of the molecule is C1=CC(CN2CCNCC2)=CCC1.CN. The third kappa shape index (κ3) is 4.60. The summed E-state index contributed by atoms with van der Waals surface area (Å²) in [5.74, 6) is 0. The standard InChI is InChI=1S/C11H18N2.CH5N/c1-2-4-11(5-3-1)10-13-8-6-12-7-9-13;1-2/h2,4-5,12H,1,3,6-10H2;2H2,1H3. The van der Waals surface area contributed by atoms with E-state index in [0.29, 0.717) is 0 Å². The van der Waals surface area contributed by atoms with Crippen molar-refractivity contribution in [2.45, 2.75) is 12.8 Å². The summed E-state index contributed by atoms with van der Waals surface area (Å²) in [6.45, 7) is 5.85. The minimum absolute atomic E-state index is 1.15. The average Bonchev–Trinajstić information content (AvgIpc) is 2.34. The van der Waals surface area contributed by atoms with Gasteiger partial charge in [0.2, 0.25) is 0 Å². The number of nitrogens with zero attached hydrogens (tertiary/aromatic N) is 1. The van der Waals surface area contributed by atoms with E-state index < -0.39 is 0 Å². The molecule has 0 amide bonds. The number of nitrogens with two attached hydrogens (primary N) is 1. The first kappa shape index (κ1) is 12.4. The molecule has 1 aliphatic heterocycles. The van der Waals surface area contributed by atoms with Gasteiger partial charge in [0.1, 0.15) is 0 Å². The number of nitrogens with one attached hydrogen (secondary N) is 1. The molecule has 15 heavy (non-hydrogen) atoms. The minimum atomic E-state index is 1.15. The van der Waals surface area contributed by atoms with Gasteiger partial charge in [-0.05, 0) is 25.5 Å². The van der Waals surface area contributed by atoms with Crippen LogP contribution in [0.3, 0.4) is 0 Å². The van der Waals surface area contributed by atoms with Crippen LogP contribution < -0.4 is 11.1 Å². The molecule has 0 spiro atoms. The molecule has 1 aliphatic carbocycles. The van der Waals surface area contributed by atoms with Crippen LogP contribution in [0.5, 0.6) is 0 Å². The van der Waals surface area contributed by atoms with Gasteiger partial charge in [-0.2, -0.15) is 0 Å². The van der Waals surface area contributed by atoms with Gasteiger partial charge in [-0.25, -0.2) is 0 Å². The van der Waals surface area contributed by atoms with E-state index in [1.807, 2.05) is 0 Å². The van der Waals surface area contributed by atoms with Crippen LogP contribution in [0.15, 0.2) is 23.8 Å². The van der Waals surface area contributed by atoms with Crippen molar-refractivity contribution >= 4 is 0 Å². The van der Waals surface area contributed by atoms with E-state index in [2.05, 4.69) is 34.2 Å². The first-order valence-electron chi connectivity index (χ1n) is 5.81. The van der Waals surface area contributed by atoms with Crippen molar-refractivity contribution in [3.05, 3.63) is 23.8 Å². The Labute approximate surface area is 93.0 Å². The lowest BCUT2D eigenvalue weighted by Crippen LogP contribution is -2.44. The summed E-state index contributed by atoms with van der Waals surface area (Å²) >= 11 is 0. The predicted octanol–water partition coefficient (Wildman–Crippen LogP) is 0.743. The van der Waals surface area contributed by atoms with Crippen molar-refractivity contribution in [2.75, 3.05) is 39.8 Å². The lowest BCUT2D eigenvalue weighted by molar-refractivity contribution is 0.261. The van der Waals surface area contributed by atoms with Crippen molar-refractivity contribution in [3.8, 4) is 0 Å². The first-order valence-corrected chi connectivity index (χ1v) is 5.81. The first-order chi connectivity index (χ1) is 7.45. The summed E-state index contributed by atoms with van der Waals surface area (Å²) in [6, 6.07) is 0. The Morgan fingerprint density at radius 2 is 2.00 bits per heavy atom. The van der Waals surface area contributed by atoms with Crippen molar-refractivity contribution < 1.29 is 0 Å². The predicted molar refractivity (Wildman–Crippen MR) is 65.9 cm³/mol. The van der Waals surface area contributed by atoms with Gasteiger partial charge in [0.15, 0.2) is 0 Å². The zero-order valence-corrected chi connectivity index (χ0v) is 9.71. The van der Waals surface area contributed by atoms with Gasteiger partial charge in [0, 0.05) is 32.7 Å². The quantitative estimate of drug-likeness (QED) is 0.705. The van der Waals surface area contributed by atoms with E-state index in [1.54, 1.807) is 0 Å². The Bertz CT molecular complexity index is 215. The van der Waals surface area contributed by atoms with Crippen LogP contribution in [0.25, 0.3) is 0 Å². The number of hydrogen-bond donors (Lipinski definition) is 2. The molecule has 86 valence electrons. The highest BCUT2D eigenvalue weighted by atomic mass is 15.2. The Kier molecular flexibility index (Phi) is 6.32. The fourth-order valence-corrected chi connectivity index (χ4v) is 1.91. The highest BCUT2D eigenvalue weighted by molar-refractivity contribution is 5.23. The highest BCUT2D eigenvalue weighted by Crippen LogP contribution is 2.11. The molecular weight excluding hydrogens is 186 g/mol. The molecule has 0 aromatic rings. The average molecular weight is 209 g/mol. The molecule has 1 saturated heterocycles. The van der Waals surface area contributed by atoms with Crippen LogP contribution in [0, 0.1) is 0 Å². The maximum absolute atomic E-state index is 4.50. The van der Waals surface area contributed by atoms with Gasteiger partial charge in [-0.1, -0.05) is 18.2 Å². The monoisotopic (exact) mass is 209 g/mol. The van der Waals surface area contributed by atoms with Gasteiger partial charge in [0.05, 0.1) is 0 Å². The fourth-order valence-electron chi connectivity index (χ4n) is 1.91. The van der Waals surface area contributed by atoms with Gasteiger partial charge >= 0.3 is 0 Å². The van der Waals surface area contributed by atoms with Gasteiger partial charge in [-0.15, -0.1) is 0 Å². The number of rotatable bonds is 2. The zero-order chi connectivity index (χ0) is 10.9.